The molecule has 0 unspecified atom stereocenters. The lowest BCUT2D eigenvalue weighted by atomic mass is 10.1. The lowest BCUT2D eigenvalue weighted by Crippen LogP contribution is -2.19. The number of aryl methyl sites for hydroxylation is 1. The summed E-state index contributed by atoms with van der Waals surface area (Å²) in [5, 5.41) is 3.08. The Balaban J connectivity index is 2.22. The maximum atomic E-state index is 12.4. The van der Waals surface area contributed by atoms with E-state index in [2.05, 4.69) is 15.1 Å². The van der Waals surface area contributed by atoms with E-state index in [-0.39, 0.29) is 11.5 Å². The van der Waals surface area contributed by atoms with Crippen molar-refractivity contribution >= 4 is 11.0 Å². The van der Waals surface area contributed by atoms with Crippen molar-refractivity contribution in [3.05, 3.63) is 45.9 Å². The van der Waals surface area contributed by atoms with Crippen molar-refractivity contribution < 1.29 is 0 Å². The van der Waals surface area contributed by atoms with Crippen LogP contribution in [0.1, 0.15) is 31.0 Å². The fourth-order valence-corrected chi connectivity index (χ4v) is 2.43. The summed E-state index contributed by atoms with van der Waals surface area (Å²) < 4.78 is 1.48. The Labute approximate surface area is 110 Å². The first-order chi connectivity index (χ1) is 9.08. The number of nitrogens with zero attached hydrogens (tertiary/aromatic N) is 2. The van der Waals surface area contributed by atoms with Crippen molar-refractivity contribution in [1.29, 1.82) is 0 Å². The summed E-state index contributed by atoms with van der Waals surface area (Å²) in [7, 11) is 0. The van der Waals surface area contributed by atoms with Gasteiger partial charge in [-0.15, -0.1) is 0 Å². The van der Waals surface area contributed by atoms with Crippen LogP contribution in [0, 0.1) is 6.92 Å². The number of rotatable bonds is 2. The molecule has 5 nitrogen and oxygen atoms in total. The molecule has 5 heteroatoms. The molecule has 98 valence electrons. The Kier molecular flexibility index (Phi) is 2.55. The molecule has 0 saturated heterocycles. The molecule has 0 aliphatic rings. The zero-order valence-corrected chi connectivity index (χ0v) is 11.2. The molecular formula is C14H16N4O. The van der Waals surface area contributed by atoms with E-state index >= 15 is 0 Å². The molecule has 3 rings (SSSR count). The van der Waals surface area contributed by atoms with Crippen molar-refractivity contribution in [3.8, 4) is 5.95 Å². The molecule has 0 bridgehead atoms. The van der Waals surface area contributed by atoms with Gasteiger partial charge in [-0.2, -0.15) is 4.68 Å². The molecule has 0 saturated carbocycles. The first kappa shape index (κ1) is 11.8. The van der Waals surface area contributed by atoms with Crippen LogP contribution in [0.3, 0.4) is 0 Å². The van der Waals surface area contributed by atoms with E-state index < -0.39 is 0 Å². The van der Waals surface area contributed by atoms with Gasteiger partial charge < -0.3 is 4.98 Å². The third kappa shape index (κ3) is 1.78. The summed E-state index contributed by atoms with van der Waals surface area (Å²) in [6.07, 6.45) is 0. The number of fused-ring (bicyclic) bond motifs is 1. The van der Waals surface area contributed by atoms with Crippen LogP contribution in [0.2, 0.25) is 0 Å². The summed E-state index contributed by atoms with van der Waals surface area (Å²) in [5.41, 5.74) is 3.43. The number of hydrogen-bond donors (Lipinski definition) is 2. The molecule has 2 aromatic heterocycles. The van der Waals surface area contributed by atoms with Crippen LogP contribution in [0.5, 0.6) is 0 Å². The fourth-order valence-electron chi connectivity index (χ4n) is 2.43. The standard InChI is InChI=1S/C14H16N4O/c1-8(2)12-9(3)17-18(13(12)19)14-15-10-6-4-5-7-11(10)16-14/h4-8,17H,1-3H3,(H,15,16). The number of nitrogens with one attached hydrogen (secondary N) is 2. The molecule has 2 heterocycles. The average Bonchev–Trinajstić information content (AvgIpc) is 2.89. The SMILES string of the molecule is Cc1[nH]n(-c2nc3ccccc3[nH]2)c(=O)c1C(C)C. The zero-order chi connectivity index (χ0) is 13.6. The summed E-state index contributed by atoms with van der Waals surface area (Å²) in [4.78, 5) is 20.0. The smallest absolute Gasteiger partial charge is 0.277 e. The van der Waals surface area contributed by atoms with E-state index in [9.17, 15) is 4.79 Å². The van der Waals surface area contributed by atoms with E-state index in [1.807, 2.05) is 45.0 Å². The van der Waals surface area contributed by atoms with Gasteiger partial charge in [-0.05, 0) is 25.0 Å². The van der Waals surface area contributed by atoms with E-state index in [4.69, 9.17) is 0 Å². The van der Waals surface area contributed by atoms with Crippen LogP contribution in [-0.2, 0) is 0 Å². The molecule has 0 amide bonds. The number of benzene rings is 1. The minimum absolute atomic E-state index is 0.0356. The Bertz CT molecular complexity index is 758. The normalized spacial score (nSPS) is 11.6. The molecule has 1 aromatic carbocycles. The predicted molar refractivity (Wildman–Crippen MR) is 74.9 cm³/mol. The second kappa shape index (κ2) is 4.12. The second-order valence-electron chi connectivity index (χ2n) is 5.02. The lowest BCUT2D eigenvalue weighted by Gasteiger charge is -1.98. The summed E-state index contributed by atoms with van der Waals surface area (Å²) in [5.74, 6) is 0.718. The fraction of sp³-hybridized carbons (Fsp3) is 0.286. The third-order valence-electron chi connectivity index (χ3n) is 3.28. The molecule has 0 aliphatic heterocycles. The highest BCUT2D eigenvalue weighted by Gasteiger charge is 2.16. The van der Waals surface area contributed by atoms with Gasteiger partial charge in [-0.25, -0.2) is 4.98 Å². The van der Waals surface area contributed by atoms with Crippen LogP contribution in [0.25, 0.3) is 17.0 Å². The van der Waals surface area contributed by atoms with Crippen molar-refractivity contribution in [2.75, 3.05) is 0 Å². The van der Waals surface area contributed by atoms with Crippen LogP contribution in [0.4, 0.5) is 0 Å². The van der Waals surface area contributed by atoms with Gasteiger partial charge in [-0.1, -0.05) is 26.0 Å². The number of aromatic amines is 2. The predicted octanol–water partition coefficient (Wildman–Crippen LogP) is 2.47. The van der Waals surface area contributed by atoms with Crippen molar-refractivity contribution in [3.63, 3.8) is 0 Å². The Morgan fingerprint density at radius 2 is 2.00 bits per heavy atom. The maximum absolute atomic E-state index is 12.4. The number of hydrogen-bond acceptors (Lipinski definition) is 2. The molecular weight excluding hydrogens is 240 g/mol. The van der Waals surface area contributed by atoms with Crippen LogP contribution < -0.4 is 5.56 Å². The highest BCUT2D eigenvalue weighted by molar-refractivity contribution is 5.75. The second-order valence-corrected chi connectivity index (χ2v) is 5.02. The Morgan fingerprint density at radius 1 is 1.26 bits per heavy atom. The zero-order valence-electron chi connectivity index (χ0n) is 11.2. The van der Waals surface area contributed by atoms with Gasteiger partial charge in [0.2, 0.25) is 5.95 Å². The Morgan fingerprint density at radius 3 is 2.63 bits per heavy atom. The monoisotopic (exact) mass is 256 g/mol. The number of imidazole rings is 1. The number of aromatic nitrogens is 4. The van der Waals surface area contributed by atoms with E-state index in [1.54, 1.807) is 0 Å². The van der Waals surface area contributed by atoms with Gasteiger partial charge in [0.05, 0.1) is 11.0 Å². The largest absolute Gasteiger partial charge is 0.322 e. The van der Waals surface area contributed by atoms with Gasteiger partial charge >= 0.3 is 0 Å². The van der Waals surface area contributed by atoms with E-state index in [1.165, 1.54) is 4.68 Å². The molecule has 2 N–H and O–H groups in total. The summed E-state index contributed by atoms with van der Waals surface area (Å²) in [6, 6.07) is 7.72. The van der Waals surface area contributed by atoms with E-state index in [0.717, 1.165) is 22.3 Å². The lowest BCUT2D eigenvalue weighted by molar-refractivity contribution is 0.786. The van der Waals surface area contributed by atoms with Gasteiger partial charge in [0, 0.05) is 11.3 Å². The number of para-hydroxylation sites is 2. The molecule has 3 aromatic rings. The van der Waals surface area contributed by atoms with E-state index in [0.29, 0.717) is 5.95 Å². The van der Waals surface area contributed by atoms with Crippen LogP contribution in [0.15, 0.2) is 29.1 Å². The van der Waals surface area contributed by atoms with Crippen LogP contribution >= 0.6 is 0 Å². The van der Waals surface area contributed by atoms with Gasteiger partial charge in [-0.3, -0.25) is 9.89 Å². The molecule has 0 aliphatic carbocycles. The van der Waals surface area contributed by atoms with Crippen molar-refractivity contribution in [2.45, 2.75) is 26.7 Å². The minimum atomic E-state index is -0.0356. The average molecular weight is 256 g/mol. The quantitative estimate of drug-likeness (QED) is 0.739. The van der Waals surface area contributed by atoms with Crippen molar-refractivity contribution in [2.24, 2.45) is 0 Å². The molecule has 0 fully saturated rings. The first-order valence-electron chi connectivity index (χ1n) is 6.34. The molecule has 0 atom stereocenters. The molecule has 0 radical (unpaired) electrons. The summed E-state index contributed by atoms with van der Waals surface area (Å²) >= 11 is 0. The van der Waals surface area contributed by atoms with Gasteiger partial charge in [0.15, 0.2) is 0 Å². The van der Waals surface area contributed by atoms with Gasteiger partial charge in [0.25, 0.3) is 5.56 Å². The third-order valence-corrected chi connectivity index (χ3v) is 3.28. The first-order valence-corrected chi connectivity index (χ1v) is 6.34. The Hall–Kier alpha value is -2.30. The molecule has 0 spiro atoms. The highest BCUT2D eigenvalue weighted by Crippen LogP contribution is 2.16. The molecule has 19 heavy (non-hydrogen) atoms. The van der Waals surface area contributed by atoms with Crippen molar-refractivity contribution in [1.82, 2.24) is 19.7 Å². The number of H-pyrrole nitrogens is 2. The minimum Gasteiger partial charge on any atom is -0.322 e. The maximum Gasteiger partial charge on any atom is 0.277 e. The van der Waals surface area contributed by atoms with Crippen LogP contribution in [-0.4, -0.2) is 19.7 Å². The topological polar surface area (TPSA) is 66.5 Å². The van der Waals surface area contributed by atoms with Gasteiger partial charge in [0.1, 0.15) is 0 Å². The highest BCUT2D eigenvalue weighted by atomic mass is 16.1. The summed E-state index contributed by atoms with van der Waals surface area (Å²) in [6.45, 7) is 5.94.